The average Bonchev–Trinajstić information content (AvgIpc) is 1.80. The second-order valence-electron chi connectivity index (χ2n) is 1.69. The van der Waals surface area contributed by atoms with Crippen molar-refractivity contribution in [2.75, 3.05) is 0 Å². The molecule has 0 fully saturated rings. The predicted octanol–water partition coefficient (Wildman–Crippen LogP) is 3.18. The number of hydrogen-bond donors (Lipinski definition) is 2. The van der Waals surface area contributed by atoms with E-state index in [9.17, 15) is 26.3 Å². The second kappa shape index (κ2) is 3.41. The Morgan fingerprint density at radius 2 is 0.833 bits per heavy atom. The number of allylic oxidation sites excluding steroid dienone is 2. The molecule has 0 aromatic carbocycles. The fraction of sp³-hybridized carbons (Fsp3) is 0.500. The molecule has 0 heterocycles. The topological polar surface area (TPSA) is 0 Å². The highest BCUT2D eigenvalue weighted by Crippen LogP contribution is 2.39. The second-order valence-corrected chi connectivity index (χ2v) is 2.59. The summed E-state index contributed by atoms with van der Waals surface area (Å²) in [5, 5.41) is 0. The average molecular weight is 228 g/mol. The highest BCUT2D eigenvalue weighted by Gasteiger charge is 2.42. The van der Waals surface area contributed by atoms with Crippen LogP contribution in [0.1, 0.15) is 0 Å². The van der Waals surface area contributed by atoms with Crippen LogP contribution < -0.4 is 0 Å². The summed E-state index contributed by atoms with van der Waals surface area (Å²) >= 11 is 5.31. The van der Waals surface area contributed by atoms with E-state index < -0.39 is 22.2 Å². The maximum absolute atomic E-state index is 11.5. The highest BCUT2D eigenvalue weighted by atomic mass is 32.1. The van der Waals surface area contributed by atoms with Gasteiger partial charge in [-0.25, -0.2) is 0 Å². The Balaban J connectivity index is 4.96. The van der Waals surface area contributed by atoms with Crippen LogP contribution >= 0.6 is 25.3 Å². The van der Waals surface area contributed by atoms with Gasteiger partial charge < -0.3 is 0 Å². The molecule has 0 aliphatic carbocycles. The molecule has 72 valence electrons. The van der Waals surface area contributed by atoms with E-state index in [-0.39, 0.29) is 0 Å². The third-order valence-electron chi connectivity index (χ3n) is 0.761. The van der Waals surface area contributed by atoms with Crippen molar-refractivity contribution in [3.63, 3.8) is 0 Å². The van der Waals surface area contributed by atoms with Gasteiger partial charge in [0, 0.05) is 0 Å². The Labute approximate surface area is 74.4 Å². The normalized spacial score (nSPS) is 16.0. The minimum absolute atomic E-state index is 2.04. The molecular formula is C4H2F6S2. The molecule has 12 heavy (non-hydrogen) atoms. The zero-order valence-electron chi connectivity index (χ0n) is 5.16. The van der Waals surface area contributed by atoms with E-state index in [0.717, 1.165) is 0 Å². The van der Waals surface area contributed by atoms with Gasteiger partial charge in [0.05, 0.1) is 0 Å². The molecule has 0 saturated heterocycles. The summed E-state index contributed by atoms with van der Waals surface area (Å²) in [5.74, 6) is 0. The van der Waals surface area contributed by atoms with Crippen molar-refractivity contribution in [2.45, 2.75) is 12.4 Å². The van der Waals surface area contributed by atoms with E-state index in [1.165, 1.54) is 0 Å². The van der Waals surface area contributed by atoms with Gasteiger partial charge in [-0.05, 0) is 0 Å². The number of alkyl halides is 6. The standard InChI is InChI=1S/C4H2F6S2/c5-3(6,7)1(11)2(12)4(8,9)10/h11-12H/b2-1+. The molecule has 0 bridgehead atoms. The first kappa shape index (κ1) is 12.0. The summed E-state index contributed by atoms with van der Waals surface area (Å²) in [7, 11) is 0. The van der Waals surface area contributed by atoms with Crippen LogP contribution in [0.4, 0.5) is 26.3 Å². The minimum atomic E-state index is -5.12. The van der Waals surface area contributed by atoms with Gasteiger partial charge in [-0.1, -0.05) is 0 Å². The van der Waals surface area contributed by atoms with Gasteiger partial charge in [0.25, 0.3) is 0 Å². The molecule has 0 saturated carbocycles. The van der Waals surface area contributed by atoms with E-state index in [1.807, 2.05) is 0 Å². The highest BCUT2D eigenvalue weighted by molar-refractivity contribution is 7.88. The molecule has 0 amide bonds. The van der Waals surface area contributed by atoms with Gasteiger partial charge >= 0.3 is 12.4 Å². The Hall–Kier alpha value is 0.0200. The molecule has 0 nitrogen and oxygen atoms in total. The summed E-state index contributed by atoms with van der Waals surface area (Å²) in [6.07, 6.45) is -10.2. The lowest BCUT2D eigenvalue weighted by atomic mass is 10.4. The summed E-state index contributed by atoms with van der Waals surface area (Å²) < 4.78 is 69.3. The molecule has 0 atom stereocenters. The summed E-state index contributed by atoms with van der Waals surface area (Å²) in [6, 6.07) is 0. The zero-order valence-corrected chi connectivity index (χ0v) is 6.95. The molecule has 0 aromatic rings. The fourth-order valence-corrected chi connectivity index (χ4v) is 0.522. The molecule has 0 spiro atoms. The van der Waals surface area contributed by atoms with E-state index in [0.29, 0.717) is 0 Å². The largest absolute Gasteiger partial charge is 0.423 e. The molecule has 0 aromatic heterocycles. The van der Waals surface area contributed by atoms with Gasteiger partial charge in [-0.2, -0.15) is 26.3 Å². The minimum Gasteiger partial charge on any atom is -0.166 e. The first-order valence-electron chi connectivity index (χ1n) is 2.33. The molecule has 0 aliphatic heterocycles. The van der Waals surface area contributed by atoms with Crippen LogP contribution in [0.25, 0.3) is 0 Å². The van der Waals surface area contributed by atoms with Crippen LogP contribution in [0.5, 0.6) is 0 Å². The lowest BCUT2D eigenvalue weighted by Gasteiger charge is -2.11. The maximum atomic E-state index is 11.5. The number of rotatable bonds is 0. The van der Waals surface area contributed by atoms with Crippen LogP contribution in [0.15, 0.2) is 9.81 Å². The molecule has 0 rings (SSSR count). The predicted molar refractivity (Wildman–Crippen MR) is 37.1 cm³/mol. The van der Waals surface area contributed by atoms with Crippen molar-refractivity contribution in [1.82, 2.24) is 0 Å². The maximum Gasteiger partial charge on any atom is 0.423 e. The van der Waals surface area contributed by atoms with E-state index >= 15 is 0 Å². The third-order valence-corrected chi connectivity index (χ3v) is 1.89. The van der Waals surface area contributed by atoms with Crippen molar-refractivity contribution in [3.05, 3.63) is 9.81 Å². The lowest BCUT2D eigenvalue weighted by Crippen LogP contribution is -2.16. The van der Waals surface area contributed by atoms with Crippen molar-refractivity contribution >= 4 is 25.3 Å². The first-order chi connectivity index (χ1) is 5.07. The molecule has 8 heteroatoms. The molecule has 0 unspecified atom stereocenters. The first-order valence-corrected chi connectivity index (χ1v) is 3.23. The van der Waals surface area contributed by atoms with Gasteiger partial charge in [0.1, 0.15) is 9.81 Å². The third kappa shape index (κ3) is 3.18. The van der Waals surface area contributed by atoms with Crippen molar-refractivity contribution in [2.24, 2.45) is 0 Å². The van der Waals surface area contributed by atoms with Crippen LogP contribution in [-0.4, -0.2) is 12.4 Å². The SMILES string of the molecule is FC(F)(F)/C(S)=C(\S)C(F)(F)F. The van der Waals surface area contributed by atoms with E-state index in [1.54, 1.807) is 0 Å². The summed E-state index contributed by atoms with van der Waals surface area (Å²) in [4.78, 5) is -4.09. The summed E-state index contributed by atoms with van der Waals surface area (Å²) in [6.45, 7) is 0. The van der Waals surface area contributed by atoms with Crippen LogP contribution in [0.3, 0.4) is 0 Å². The van der Waals surface area contributed by atoms with Gasteiger partial charge in [0.2, 0.25) is 0 Å². The van der Waals surface area contributed by atoms with Crippen molar-refractivity contribution in [1.29, 1.82) is 0 Å². The zero-order chi connectivity index (χ0) is 10.2. The smallest absolute Gasteiger partial charge is 0.166 e. The van der Waals surface area contributed by atoms with Crippen LogP contribution in [0, 0.1) is 0 Å². The van der Waals surface area contributed by atoms with Crippen molar-refractivity contribution < 1.29 is 26.3 Å². The van der Waals surface area contributed by atoms with Gasteiger partial charge in [-0.15, -0.1) is 25.3 Å². The van der Waals surface area contributed by atoms with Crippen LogP contribution in [0.2, 0.25) is 0 Å². The number of thiol groups is 2. The Morgan fingerprint density at radius 1 is 0.667 bits per heavy atom. The van der Waals surface area contributed by atoms with Gasteiger partial charge in [-0.3, -0.25) is 0 Å². The van der Waals surface area contributed by atoms with E-state index in [4.69, 9.17) is 0 Å². The Morgan fingerprint density at radius 3 is 0.917 bits per heavy atom. The quantitative estimate of drug-likeness (QED) is 0.461. The lowest BCUT2D eigenvalue weighted by molar-refractivity contribution is -0.103. The molecule has 0 aliphatic rings. The van der Waals surface area contributed by atoms with Crippen LogP contribution in [-0.2, 0) is 0 Å². The Bertz CT molecular complexity index is 177. The molecule has 0 radical (unpaired) electrons. The number of hydrogen-bond acceptors (Lipinski definition) is 2. The van der Waals surface area contributed by atoms with Gasteiger partial charge in [0.15, 0.2) is 0 Å². The monoisotopic (exact) mass is 228 g/mol. The fourth-order valence-electron chi connectivity index (χ4n) is 0.269. The molecular weight excluding hydrogens is 226 g/mol. The van der Waals surface area contributed by atoms with Crippen molar-refractivity contribution in [3.8, 4) is 0 Å². The molecule has 0 N–H and O–H groups in total. The Kier molecular flexibility index (Phi) is 3.41. The number of halogens is 6. The van der Waals surface area contributed by atoms with E-state index in [2.05, 4.69) is 25.3 Å². The summed E-state index contributed by atoms with van der Waals surface area (Å²) in [5.41, 5.74) is 0.